The first kappa shape index (κ1) is 21.2. The molecule has 0 unspecified atom stereocenters. The second-order valence-electron chi connectivity index (χ2n) is 3.16. The van der Waals surface area contributed by atoms with Crippen LogP contribution in [0.4, 0.5) is 0 Å². The fourth-order valence-corrected chi connectivity index (χ4v) is 1.15. The molecule has 0 bridgehead atoms. The summed E-state index contributed by atoms with van der Waals surface area (Å²) in [5.74, 6) is 0. The summed E-state index contributed by atoms with van der Waals surface area (Å²) in [4.78, 5) is 0. The van der Waals surface area contributed by atoms with Crippen LogP contribution >= 0.6 is 0 Å². The first-order valence-electron chi connectivity index (χ1n) is 7.11. The van der Waals surface area contributed by atoms with Crippen LogP contribution in [0.2, 0.25) is 0 Å². The molecule has 0 aromatic heterocycles. The van der Waals surface area contributed by atoms with Crippen LogP contribution in [0.25, 0.3) is 0 Å². The van der Waals surface area contributed by atoms with Gasteiger partial charge in [-0.1, -0.05) is 47.5 Å². The van der Waals surface area contributed by atoms with Gasteiger partial charge in [-0.25, -0.2) is 0 Å². The maximum Gasteiger partial charge on any atom is 0.0462 e. The largest absolute Gasteiger partial charge is 0.385 e. The molecule has 0 heterocycles. The third-order valence-electron chi connectivity index (χ3n) is 1.88. The molecule has 0 aliphatic rings. The molecular formula is C14H35NO. The quantitative estimate of drug-likeness (QED) is 0.601. The molecular weight excluding hydrogens is 198 g/mol. The highest BCUT2D eigenvalue weighted by Crippen LogP contribution is 1.98. The first-order chi connectivity index (χ1) is 7.91. The molecule has 0 amide bonds. The Bertz CT molecular complexity index is 67.1. The molecule has 0 aliphatic carbocycles. The highest BCUT2D eigenvalue weighted by atomic mass is 16.5. The average molecular weight is 233 g/mol. The molecule has 0 aliphatic heterocycles. The van der Waals surface area contributed by atoms with Gasteiger partial charge in [0.15, 0.2) is 0 Å². The Labute approximate surface area is 104 Å². The van der Waals surface area contributed by atoms with Gasteiger partial charge in [-0.3, -0.25) is 0 Å². The lowest BCUT2D eigenvalue weighted by molar-refractivity contribution is 0.192. The van der Waals surface area contributed by atoms with E-state index < -0.39 is 0 Å². The van der Waals surface area contributed by atoms with Crippen molar-refractivity contribution in [1.29, 1.82) is 0 Å². The second kappa shape index (κ2) is 29.4. The fraction of sp³-hybridized carbons (Fsp3) is 1.00. The Kier molecular flexibility index (Phi) is 39.0. The van der Waals surface area contributed by atoms with Crippen molar-refractivity contribution in [3.63, 3.8) is 0 Å². The van der Waals surface area contributed by atoms with Gasteiger partial charge >= 0.3 is 0 Å². The highest BCUT2D eigenvalue weighted by Gasteiger charge is 1.89. The zero-order valence-electron chi connectivity index (χ0n) is 12.6. The number of hydrogen-bond donors (Lipinski definition) is 1. The Morgan fingerprint density at radius 2 is 1.38 bits per heavy atom. The minimum Gasteiger partial charge on any atom is -0.385 e. The van der Waals surface area contributed by atoms with E-state index in [-0.39, 0.29) is 0 Å². The number of rotatable bonds is 9. The summed E-state index contributed by atoms with van der Waals surface area (Å²) in [5, 5.41) is 3.39. The highest BCUT2D eigenvalue weighted by molar-refractivity contribution is 4.47. The maximum absolute atomic E-state index is 4.97. The molecule has 16 heavy (non-hydrogen) atoms. The van der Waals surface area contributed by atoms with Crippen LogP contribution in [0, 0.1) is 0 Å². The van der Waals surface area contributed by atoms with Crippen molar-refractivity contribution in [2.24, 2.45) is 0 Å². The van der Waals surface area contributed by atoms with E-state index in [1.54, 1.807) is 7.11 Å². The summed E-state index contributed by atoms with van der Waals surface area (Å²) in [6.45, 7) is 13.5. The van der Waals surface area contributed by atoms with Gasteiger partial charge in [-0.2, -0.15) is 0 Å². The molecule has 0 spiro atoms. The van der Waals surface area contributed by atoms with Crippen molar-refractivity contribution in [2.45, 2.75) is 66.7 Å². The second-order valence-corrected chi connectivity index (χ2v) is 3.16. The lowest BCUT2D eigenvalue weighted by Gasteiger charge is -2.02. The predicted molar refractivity (Wildman–Crippen MR) is 76.2 cm³/mol. The van der Waals surface area contributed by atoms with Crippen molar-refractivity contribution in [2.75, 3.05) is 26.8 Å². The third kappa shape index (κ3) is 29.2. The minimum atomic E-state index is 0.919. The van der Waals surface area contributed by atoms with E-state index in [4.69, 9.17) is 4.74 Å². The van der Waals surface area contributed by atoms with Gasteiger partial charge in [0.2, 0.25) is 0 Å². The molecule has 2 nitrogen and oxygen atoms in total. The summed E-state index contributed by atoms with van der Waals surface area (Å²) < 4.78 is 4.97. The van der Waals surface area contributed by atoms with Crippen LogP contribution < -0.4 is 5.32 Å². The summed E-state index contributed by atoms with van der Waals surface area (Å²) in [7, 11) is 1.77. The third-order valence-corrected chi connectivity index (χ3v) is 1.88. The molecule has 0 saturated carbocycles. The van der Waals surface area contributed by atoms with E-state index in [2.05, 4.69) is 12.2 Å². The van der Waals surface area contributed by atoms with E-state index >= 15 is 0 Å². The van der Waals surface area contributed by atoms with Gasteiger partial charge in [0.25, 0.3) is 0 Å². The molecule has 0 fully saturated rings. The van der Waals surface area contributed by atoms with Crippen LogP contribution in [0.5, 0.6) is 0 Å². The summed E-state index contributed by atoms with van der Waals surface area (Å²) in [6.07, 6.45) is 6.40. The zero-order chi connectivity index (χ0) is 13.1. The Morgan fingerprint density at radius 3 is 1.88 bits per heavy atom. The van der Waals surface area contributed by atoms with Gasteiger partial charge < -0.3 is 10.1 Å². The smallest absolute Gasteiger partial charge is 0.0462 e. The van der Waals surface area contributed by atoms with E-state index in [1.165, 1.54) is 38.6 Å². The summed E-state index contributed by atoms with van der Waals surface area (Å²) in [6, 6.07) is 0. The van der Waals surface area contributed by atoms with Crippen LogP contribution in [-0.4, -0.2) is 26.8 Å². The standard InChI is InChI=1S/C10H23NO.2C2H6/c1-3-8-11-9-6-4-5-7-10-12-2;2*1-2/h11H,3-10H2,1-2H3;2*1-2H3. The first-order valence-corrected chi connectivity index (χ1v) is 7.11. The Morgan fingerprint density at radius 1 is 0.812 bits per heavy atom. The Balaban J connectivity index is -0.000000376. The zero-order valence-corrected chi connectivity index (χ0v) is 12.6. The van der Waals surface area contributed by atoms with E-state index in [1.807, 2.05) is 27.7 Å². The summed E-state index contributed by atoms with van der Waals surface area (Å²) in [5.41, 5.74) is 0. The molecule has 2 heteroatoms. The van der Waals surface area contributed by atoms with Crippen LogP contribution in [0.3, 0.4) is 0 Å². The van der Waals surface area contributed by atoms with Crippen LogP contribution in [-0.2, 0) is 4.74 Å². The van der Waals surface area contributed by atoms with Crippen molar-refractivity contribution in [3.05, 3.63) is 0 Å². The maximum atomic E-state index is 4.97. The van der Waals surface area contributed by atoms with E-state index in [9.17, 15) is 0 Å². The molecule has 0 radical (unpaired) electrons. The molecule has 0 rings (SSSR count). The molecule has 1 N–H and O–H groups in total. The van der Waals surface area contributed by atoms with Crippen LogP contribution in [0.1, 0.15) is 66.7 Å². The number of ether oxygens (including phenoxy) is 1. The SMILES string of the molecule is CC.CC.CCCNCCCCCCOC. The van der Waals surface area contributed by atoms with Gasteiger partial charge in [0, 0.05) is 13.7 Å². The molecule has 102 valence electrons. The lowest BCUT2D eigenvalue weighted by Crippen LogP contribution is -2.15. The van der Waals surface area contributed by atoms with Crippen molar-refractivity contribution in [1.82, 2.24) is 5.32 Å². The normalized spacial score (nSPS) is 8.62. The van der Waals surface area contributed by atoms with E-state index in [0.29, 0.717) is 0 Å². The number of nitrogens with one attached hydrogen (secondary N) is 1. The van der Waals surface area contributed by atoms with Gasteiger partial charge in [0.05, 0.1) is 0 Å². The summed E-state index contributed by atoms with van der Waals surface area (Å²) >= 11 is 0. The van der Waals surface area contributed by atoms with Crippen molar-refractivity contribution < 1.29 is 4.74 Å². The van der Waals surface area contributed by atoms with Gasteiger partial charge in [-0.15, -0.1) is 0 Å². The topological polar surface area (TPSA) is 21.3 Å². The van der Waals surface area contributed by atoms with Gasteiger partial charge in [0.1, 0.15) is 0 Å². The fourth-order valence-electron chi connectivity index (χ4n) is 1.15. The predicted octanol–water partition coefficient (Wildman–Crippen LogP) is 4.25. The minimum absolute atomic E-state index is 0.919. The Hall–Kier alpha value is -0.0800. The lowest BCUT2D eigenvalue weighted by atomic mass is 10.2. The molecule has 0 saturated heterocycles. The molecule has 0 aromatic carbocycles. The average Bonchev–Trinajstić information content (AvgIpc) is 2.38. The van der Waals surface area contributed by atoms with Crippen molar-refractivity contribution in [3.8, 4) is 0 Å². The van der Waals surface area contributed by atoms with Crippen molar-refractivity contribution >= 4 is 0 Å². The van der Waals surface area contributed by atoms with E-state index in [0.717, 1.165) is 13.2 Å². The van der Waals surface area contributed by atoms with Crippen LogP contribution in [0.15, 0.2) is 0 Å². The molecule has 0 aromatic rings. The monoisotopic (exact) mass is 233 g/mol. The number of unbranched alkanes of at least 4 members (excludes halogenated alkanes) is 3. The molecule has 0 atom stereocenters. The number of hydrogen-bond acceptors (Lipinski definition) is 2. The van der Waals surface area contributed by atoms with Gasteiger partial charge in [-0.05, 0) is 32.4 Å². The number of methoxy groups -OCH3 is 1.